The number of hydrogen-bond donors (Lipinski definition) is 0. The Hall–Kier alpha value is -2.01. The van der Waals surface area contributed by atoms with Crippen molar-refractivity contribution in [2.45, 2.75) is 19.7 Å². The highest BCUT2D eigenvalue weighted by atomic mass is 35.5. The summed E-state index contributed by atoms with van der Waals surface area (Å²) < 4.78 is 18.1. The van der Waals surface area contributed by atoms with Gasteiger partial charge in [-0.2, -0.15) is 0 Å². The highest BCUT2D eigenvalue weighted by Gasteiger charge is 2.16. The quantitative estimate of drug-likeness (QED) is 0.640. The molecule has 6 heteroatoms. The van der Waals surface area contributed by atoms with Crippen LogP contribution in [0.5, 0.6) is 0 Å². The van der Waals surface area contributed by atoms with Gasteiger partial charge < -0.3 is 4.74 Å². The molecule has 0 radical (unpaired) electrons. The van der Waals surface area contributed by atoms with Crippen LogP contribution in [0.2, 0.25) is 0 Å². The van der Waals surface area contributed by atoms with Crippen LogP contribution in [0.3, 0.4) is 0 Å². The number of rotatable bonds is 4. The summed E-state index contributed by atoms with van der Waals surface area (Å²) in [6.45, 7) is 3.75. The molecule has 0 atom stereocenters. The molecule has 4 nitrogen and oxygen atoms in total. The van der Waals surface area contributed by atoms with Crippen molar-refractivity contribution in [3.63, 3.8) is 0 Å². The minimum absolute atomic E-state index is 0.0594. The SMILES string of the molecule is CCOC(=O)c1cnc(-c2ccc(F)cc2C)nc1CCl. The fourth-order valence-corrected chi connectivity index (χ4v) is 2.11. The van der Waals surface area contributed by atoms with Gasteiger partial charge in [-0.3, -0.25) is 0 Å². The van der Waals surface area contributed by atoms with E-state index in [1.807, 2.05) is 0 Å². The molecule has 0 spiro atoms. The Morgan fingerprint density at radius 1 is 1.43 bits per heavy atom. The molecule has 0 fully saturated rings. The second-order valence-corrected chi connectivity index (χ2v) is 4.63. The van der Waals surface area contributed by atoms with E-state index in [0.717, 1.165) is 0 Å². The van der Waals surface area contributed by atoms with Gasteiger partial charge in [0, 0.05) is 11.8 Å². The van der Waals surface area contributed by atoms with Crippen LogP contribution in [0.1, 0.15) is 28.5 Å². The molecular formula is C15H14ClFN2O2. The Morgan fingerprint density at radius 2 is 2.19 bits per heavy atom. The van der Waals surface area contributed by atoms with Crippen LogP contribution in [-0.4, -0.2) is 22.5 Å². The lowest BCUT2D eigenvalue weighted by Crippen LogP contribution is -2.10. The molecule has 1 heterocycles. The number of esters is 1. The third kappa shape index (κ3) is 3.36. The van der Waals surface area contributed by atoms with Crippen LogP contribution < -0.4 is 0 Å². The van der Waals surface area contributed by atoms with E-state index >= 15 is 0 Å². The van der Waals surface area contributed by atoms with Crippen molar-refractivity contribution < 1.29 is 13.9 Å². The second-order valence-electron chi connectivity index (χ2n) is 4.37. The topological polar surface area (TPSA) is 52.1 Å². The van der Waals surface area contributed by atoms with Crippen LogP contribution in [0.15, 0.2) is 24.4 Å². The van der Waals surface area contributed by atoms with Crippen molar-refractivity contribution in [2.24, 2.45) is 0 Å². The van der Waals surface area contributed by atoms with Gasteiger partial charge in [0.2, 0.25) is 0 Å². The molecule has 0 N–H and O–H groups in total. The zero-order valence-corrected chi connectivity index (χ0v) is 12.4. The number of halogens is 2. The molecule has 0 aliphatic heterocycles. The van der Waals surface area contributed by atoms with Crippen LogP contribution in [0.4, 0.5) is 4.39 Å². The van der Waals surface area contributed by atoms with Crippen molar-refractivity contribution in [2.75, 3.05) is 6.61 Å². The van der Waals surface area contributed by atoms with Crippen LogP contribution in [0, 0.1) is 12.7 Å². The molecule has 0 saturated carbocycles. The molecule has 110 valence electrons. The van der Waals surface area contributed by atoms with Crippen molar-refractivity contribution >= 4 is 17.6 Å². The van der Waals surface area contributed by atoms with E-state index in [4.69, 9.17) is 16.3 Å². The molecule has 0 aliphatic carbocycles. The maximum absolute atomic E-state index is 13.1. The summed E-state index contributed by atoms with van der Waals surface area (Å²) in [6, 6.07) is 4.34. The molecule has 0 amide bonds. The van der Waals surface area contributed by atoms with Gasteiger partial charge >= 0.3 is 5.97 Å². The van der Waals surface area contributed by atoms with Gasteiger partial charge in [-0.05, 0) is 37.6 Å². The van der Waals surface area contributed by atoms with E-state index < -0.39 is 5.97 Å². The van der Waals surface area contributed by atoms with Crippen molar-refractivity contribution in [3.8, 4) is 11.4 Å². The van der Waals surface area contributed by atoms with Gasteiger partial charge in [0.1, 0.15) is 11.4 Å². The number of aryl methyl sites for hydroxylation is 1. The maximum atomic E-state index is 13.1. The fraction of sp³-hybridized carbons (Fsp3) is 0.267. The van der Waals surface area contributed by atoms with Gasteiger partial charge in [0.05, 0.1) is 18.2 Å². The highest BCUT2D eigenvalue weighted by molar-refractivity contribution is 6.17. The molecule has 0 bridgehead atoms. The normalized spacial score (nSPS) is 10.5. The van der Waals surface area contributed by atoms with Crippen molar-refractivity contribution in [1.29, 1.82) is 0 Å². The highest BCUT2D eigenvalue weighted by Crippen LogP contribution is 2.22. The lowest BCUT2D eigenvalue weighted by molar-refractivity contribution is 0.0524. The first-order chi connectivity index (χ1) is 10.1. The molecule has 2 rings (SSSR count). The summed E-state index contributed by atoms with van der Waals surface area (Å²) in [5.74, 6) is -0.368. The average Bonchev–Trinajstić information content (AvgIpc) is 2.47. The lowest BCUT2D eigenvalue weighted by Gasteiger charge is -2.09. The third-order valence-corrected chi connectivity index (χ3v) is 3.17. The van der Waals surface area contributed by atoms with Gasteiger partial charge in [-0.15, -0.1) is 11.6 Å². The van der Waals surface area contributed by atoms with Crippen LogP contribution in [0.25, 0.3) is 11.4 Å². The lowest BCUT2D eigenvalue weighted by atomic mass is 10.1. The van der Waals surface area contributed by atoms with E-state index in [2.05, 4.69) is 9.97 Å². The molecule has 0 saturated heterocycles. The van der Waals surface area contributed by atoms with Gasteiger partial charge in [-0.25, -0.2) is 19.2 Å². The predicted octanol–water partition coefficient (Wildman–Crippen LogP) is 3.51. The number of nitrogens with zero attached hydrogens (tertiary/aromatic N) is 2. The number of ether oxygens (including phenoxy) is 1. The minimum atomic E-state index is -0.504. The van der Waals surface area contributed by atoms with Gasteiger partial charge in [0.25, 0.3) is 0 Å². The number of aromatic nitrogens is 2. The van der Waals surface area contributed by atoms with E-state index in [0.29, 0.717) is 22.6 Å². The molecule has 0 unspecified atom stereocenters. The Kier molecular flexibility index (Phi) is 4.85. The smallest absolute Gasteiger partial charge is 0.341 e. The number of carbonyl (C=O) groups is 1. The Balaban J connectivity index is 2.45. The second kappa shape index (κ2) is 6.63. The van der Waals surface area contributed by atoms with E-state index in [1.54, 1.807) is 19.9 Å². The maximum Gasteiger partial charge on any atom is 0.341 e. The fourth-order valence-electron chi connectivity index (χ4n) is 1.91. The summed E-state index contributed by atoms with van der Waals surface area (Å²) >= 11 is 5.84. The van der Waals surface area contributed by atoms with Crippen molar-refractivity contribution in [1.82, 2.24) is 9.97 Å². The first-order valence-corrected chi connectivity index (χ1v) is 6.95. The molecule has 21 heavy (non-hydrogen) atoms. The molecule has 2 aromatic rings. The Morgan fingerprint density at radius 3 is 2.81 bits per heavy atom. The van der Waals surface area contributed by atoms with E-state index in [9.17, 15) is 9.18 Å². The summed E-state index contributed by atoms with van der Waals surface area (Å²) in [7, 11) is 0. The zero-order valence-electron chi connectivity index (χ0n) is 11.7. The Bertz CT molecular complexity index is 677. The summed E-state index contributed by atoms with van der Waals surface area (Å²) in [6.07, 6.45) is 1.39. The Labute approximate surface area is 126 Å². The van der Waals surface area contributed by atoms with Crippen LogP contribution >= 0.6 is 11.6 Å². The van der Waals surface area contributed by atoms with Crippen molar-refractivity contribution in [3.05, 3.63) is 47.0 Å². The largest absolute Gasteiger partial charge is 0.462 e. The zero-order chi connectivity index (χ0) is 15.4. The van der Waals surface area contributed by atoms with Gasteiger partial charge in [0.15, 0.2) is 5.82 Å². The average molecular weight is 309 g/mol. The molecular weight excluding hydrogens is 295 g/mol. The summed E-state index contributed by atoms with van der Waals surface area (Å²) in [4.78, 5) is 20.2. The molecule has 1 aromatic heterocycles. The van der Waals surface area contributed by atoms with E-state index in [-0.39, 0.29) is 23.9 Å². The van der Waals surface area contributed by atoms with Gasteiger partial charge in [-0.1, -0.05) is 0 Å². The summed E-state index contributed by atoms with van der Waals surface area (Å²) in [5.41, 5.74) is 2.04. The third-order valence-electron chi connectivity index (χ3n) is 2.92. The number of hydrogen-bond acceptors (Lipinski definition) is 4. The molecule has 0 aliphatic rings. The monoisotopic (exact) mass is 308 g/mol. The number of benzene rings is 1. The first-order valence-electron chi connectivity index (χ1n) is 6.42. The standard InChI is InChI=1S/C15H14ClFN2O2/c1-3-21-15(20)12-8-18-14(19-13(12)7-16)11-5-4-10(17)6-9(11)2/h4-6,8H,3,7H2,1-2H3. The predicted molar refractivity (Wildman–Crippen MR) is 77.7 cm³/mol. The minimum Gasteiger partial charge on any atom is -0.462 e. The summed E-state index contributed by atoms with van der Waals surface area (Å²) in [5, 5.41) is 0. The van der Waals surface area contributed by atoms with E-state index in [1.165, 1.54) is 18.3 Å². The first kappa shape index (κ1) is 15.4. The molecule has 1 aromatic carbocycles. The van der Waals surface area contributed by atoms with Crippen LogP contribution in [-0.2, 0) is 10.6 Å². The number of carbonyl (C=O) groups excluding carboxylic acids is 1. The number of alkyl halides is 1.